The van der Waals surface area contributed by atoms with Gasteiger partial charge in [-0.25, -0.2) is 4.79 Å². The van der Waals surface area contributed by atoms with Gasteiger partial charge in [-0.1, -0.05) is 37.3 Å². The summed E-state index contributed by atoms with van der Waals surface area (Å²) in [5, 5.41) is 3.27. The van der Waals surface area contributed by atoms with Crippen LogP contribution in [-0.2, 0) is 0 Å². The number of amides is 2. The van der Waals surface area contributed by atoms with Crippen LogP contribution < -0.4 is 5.32 Å². The first kappa shape index (κ1) is 15.3. The smallest absolute Gasteiger partial charge is 0.317 e. The van der Waals surface area contributed by atoms with Gasteiger partial charge in [-0.15, -0.1) is 0 Å². The molecule has 2 saturated heterocycles. The van der Waals surface area contributed by atoms with Crippen LogP contribution in [0.4, 0.5) is 4.79 Å². The highest BCUT2D eigenvalue weighted by molar-refractivity contribution is 5.75. The third kappa shape index (κ3) is 3.80. The third-order valence-corrected chi connectivity index (χ3v) is 4.85. The lowest BCUT2D eigenvalue weighted by molar-refractivity contribution is 0.197. The molecule has 4 nitrogen and oxygen atoms in total. The van der Waals surface area contributed by atoms with Gasteiger partial charge in [0.25, 0.3) is 0 Å². The summed E-state index contributed by atoms with van der Waals surface area (Å²) >= 11 is 0. The number of nitrogens with one attached hydrogen (secondary N) is 1. The van der Waals surface area contributed by atoms with Gasteiger partial charge in [-0.05, 0) is 43.8 Å². The summed E-state index contributed by atoms with van der Waals surface area (Å²) in [5.41, 5.74) is 1.20. The molecule has 2 fully saturated rings. The summed E-state index contributed by atoms with van der Waals surface area (Å²) in [6.45, 7) is 7.21. The molecule has 4 heteroatoms. The number of carbonyl (C=O) groups excluding carboxylic acids is 1. The van der Waals surface area contributed by atoms with Crippen LogP contribution in [0.3, 0.4) is 0 Å². The van der Waals surface area contributed by atoms with Crippen LogP contribution in [-0.4, -0.2) is 48.6 Å². The van der Waals surface area contributed by atoms with Crippen molar-refractivity contribution in [2.75, 3.05) is 32.7 Å². The number of likely N-dealkylation sites (tertiary alicyclic amines) is 2. The van der Waals surface area contributed by atoms with Gasteiger partial charge in [0.15, 0.2) is 0 Å². The molecule has 22 heavy (non-hydrogen) atoms. The first-order chi connectivity index (χ1) is 10.7. The molecule has 2 amide bonds. The molecule has 3 rings (SSSR count). The quantitative estimate of drug-likeness (QED) is 0.928. The Morgan fingerprint density at radius 2 is 1.95 bits per heavy atom. The molecule has 0 spiro atoms. The Bertz CT molecular complexity index is 484. The SMILES string of the molecule is CC1CCN(C(=O)NC(CN2CCCC2)c2ccccc2)C1. The summed E-state index contributed by atoms with van der Waals surface area (Å²) in [6.07, 6.45) is 3.67. The standard InChI is InChI=1S/C18H27N3O/c1-15-9-12-21(13-15)18(22)19-17(14-20-10-5-6-11-20)16-7-3-2-4-8-16/h2-4,7-8,15,17H,5-6,9-14H2,1H3,(H,19,22). The lowest BCUT2D eigenvalue weighted by atomic mass is 10.1. The summed E-state index contributed by atoms with van der Waals surface area (Å²) in [4.78, 5) is 17.0. The van der Waals surface area contributed by atoms with Crippen LogP contribution in [0, 0.1) is 5.92 Å². The highest BCUT2D eigenvalue weighted by Gasteiger charge is 2.26. The van der Waals surface area contributed by atoms with Crippen LogP contribution >= 0.6 is 0 Å². The van der Waals surface area contributed by atoms with Gasteiger partial charge in [0, 0.05) is 19.6 Å². The fourth-order valence-corrected chi connectivity index (χ4v) is 3.50. The van der Waals surface area contributed by atoms with Crippen LogP contribution in [0.2, 0.25) is 0 Å². The minimum Gasteiger partial charge on any atom is -0.330 e. The number of hydrogen-bond donors (Lipinski definition) is 1. The zero-order valence-electron chi connectivity index (χ0n) is 13.5. The molecular formula is C18H27N3O. The molecular weight excluding hydrogens is 274 g/mol. The van der Waals surface area contributed by atoms with Crippen LogP contribution in [0.1, 0.15) is 37.8 Å². The summed E-state index contributed by atoms with van der Waals surface area (Å²) in [5.74, 6) is 0.625. The average molecular weight is 301 g/mol. The van der Waals surface area contributed by atoms with Gasteiger partial charge in [0.1, 0.15) is 0 Å². The first-order valence-corrected chi connectivity index (χ1v) is 8.55. The highest BCUT2D eigenvalue weighted by Crippen LogP contribution is 2.20. The third-order valence-electron chi connectivity index (χ3n) is 4.85. The van der Waals surface area contributed by atoms with Gasteiger partial charge >= 0.3 is 6.03 Å². The summed E-state index contributed by atoms with van der Waals surface area (Å²) in [6, 6.07) is 10.6. The van der Waals surface area contributed by atoms with Crippen LogP contribution in [0.25, 0.3) is 0 Å². The molecule has 2 heterocycles. The Kier molecular flexibility index (Phi) is 4.98. The summed E-state index contributed by atoms with van der Waals surface area (Å²) < 4.78 is 0. The molecule has 0 aliphatic carbocycles. The van der Waals surface area contributed by atoms with E-state index in [9.17, 15) is 4.79 Å². The van der Waals surface area contributed by atoms with E-state index >= 15 is 0 Å². The van der Waals surface area contributed by atoms with Crippen molar-refractivity contribution in [3.8, 4) is 0 Å². The monoisotopic (exact) mass is 301 g/mol. The molecule has 120 valence electrons. The van der Waals surface area contributed by atoms with Crippen molar-refractivity contribution in [1.29, 1.82) is 0 Å². The van der Waals surface area contributed by atoms with E-state index in [4.69, 9.17) is 0 Å². The summed E-state index contributed by atoms with van der Waals surface area (Å²) in [7, 11) is 0. The molecule has 2 atom stereocenters. The van der Waals surface area contributed by atoms with Crippen LogP contribution in [0.5, 0.6) is 0 Å². The molecule has 2 unspecified atom stereocenters. The van der Waals surface area contributed by atoms with Gasteiger partial charge < -0.3 is 15.1 Å². The Balaban J connectivity index is 1.66. The van der Waals surface area contributed by atoms with Crippen molar-refractivity contribution in [1.82, 2.24) is 15.1 Å². The molecule has 2 aliphatic rings. The molecule has 1 N–H and O–H groups in total. The molecule has 2 aliphatic heterocycles. The Morgan fingerprint density at radius 3 is 2.59 bits per heavy atom. The van der Waals surface area contributed by atoms with Crippen molar-refractivity contribution in [2.45, 2.75) is 32.2 Å². The van der Waals surface area contributed by atoms with E-state index in [1.807, 2.05) is 11.0 Å². The maximum absolute atomic E-state index is 12.5. The van der Waals surface area contributed by atoms with Crippen molar-refractivity contribution < 1.29 is 4.79 Å². The largest absolute Gasteiger partial charge is 0.330 e. The minimum atomic E-state index is 0.0858. The zero-order valence-corrected chi connectivity index (χ0v) is 13.5. The minimum absolute atomic E-state index is 0.0858. The number of rotatable bonds is 4. The fourth-order valence-electron chi connectivity index (χ4n) is 3.50. The van der Waals surface area contributed by atoms with E-state index in [1.165, 1.54) is 18.4 Å². The second kappa shape index (κ2) is 7.14. The van der Waals surface area contributed by atoms with Crippen molar-refractivity contribution in [3.05, 3.63) is 35.9 Å². The Labute approximate surface area is 133 Å². The number of carbonyl (C=O) groups is 1. The average Bonchev–Trinajstić information content (AvgIpc) is 3.19. The normalized spacial score (nSPS) is 23.7. The van der Waals surface area contributed by atoms with Crippen LogP contribution in [0.15, 0.2) is 30.3 Å². The van der Waals surface area contributed by atoms with E-state index in [0.717, 1.165) is 39.1 Å². The fraction of sp³-hybridized carbons (Fsp3) is 0.611. The van der Waals surface area contributed by atoms with Gasteiger partial charge in [0.2, 0.25) is 0 Å². The van der Waals surface area contributed by atoms with Crippen molar-refractivity contribution >= 4 is 6.03 Å². The number of hydrogen-bond acceptors (Lipinski definition) is 2. The van der Waals surface area contributed by atoms with E-state index in [1.54, 1.807) is 0 Å². The maximum atomic E-state index is 12.5. The topological polar surface area (TPSA) is 35.6 Å². The Hall–Kier alpha value is -1.55. The van der Waals surface area contributed by atoms with E-state index in [2.05, 4.69) is 41.4 Å². The number of urea groups is 1. The molecule has 1 aromatic carbocycles. The van der Waals surface area contributed by atoms with E-state index in [0.29, 0.717) is 5.92 Å². The highest BCUT2D eigenvalue weighted by atomic mass is 16.2. The Morgan fingerprint density at radius 1 is 1.23 bits per heavy atom. The maximum Gasteiger partial charge on any atom is 0.317 e. The zero-order chi connectivity index (χ0) is 15.4. The molecule has 1 aromatic rings. The van der Waals surface area contributed by atoms with Gasteiger partial charge in [-0.3, -0.25) is 0 Å². The predicted octanol–water partition coefficient (Wildman–Crippen LogP) is 2.87. The molecule has 0 radical (unpaired) electrons. The predicted molar refractivity (Wildman–Crippen MR) is 88.7 cm³/mol. The molecule has 0 aromatic heterocycles. The second-order valence-electron chi connectivity index (χ2n) is 6.76. The molecule has 0 saturated carbocycles. The first-order valence-electron chi connectivity index (χ1n) is 8.55. The lowest BCUT2D eigenvalue weighted by Gasteiger charge is -2.27. The number of benzene rings is 1. The second-order valence-corrected chi connectivity index (χ2v) is 6.76. The van der Waals surface area contributed by atoms with E-state index in [-0.39, 0.29) is 12.1 Å². The lowest BCUT2D eigenvalue weighted by Crippen LogP contribution is -2.43. The molecule has 0 bridgehead atoms. The van der Waals surface area contributed by atoms with Gasteiger partial charge in [0.05, 0.1) is 6.04 Å². The van der Waals surface area contributed by atoms with Crippen molar-refractivity contribution in [3.63, 3.8) is 0 Å². The van der Waals surface area contributed by atoms with E-state index < -0.39 is 0 Å². The number of nitrogens with zero attached hydrogens (tertiary/aromatic N) is 2. The van der Waals surface area contributed by atoms with Gasteiger partial charge in [-0.2, -0.15) is 0 Å². The van der Waals surface area contributed by atoms with Crippen molar-refractivity contribution in [2.24, 2.45) is 5.92 Å².